The number of rotatable bonds is 4. The molecule has 10 nitrogen and oxygen atoms in total. The van der Waals surface area contributed by atoms with Crippen LogP contribution in [0.2, 0.25) is 0 Å². The van der Waals surface area contributed by atoms with Gasteiger partial charge in [0, 0.05) is 0 Å². The summed E-state index contributed by atoms with van der Waals surface area (Å²) in [5, 5.41) is 25.8. The van der Waals surface area contributed by atoms with E-state index >= 15 is 0 Å². The van der Waals surface area contributed by atoms with Crippen molar-refractivity contribution >= 4 is 0 Å². The van der Waals surface area contributed by atoms with Crippen LogP contribution in [-0.4, -0.2) is 72.0 Å². The Bertz CT molecular complexity index is 692. The second-order valence-electron chi connectivity index (χ2n) is 6.28. The topological polar surface area (TPSA) is 124 Å². The van der Waals surface area contributed by atoms with Gasteiger partial charge in [0.05, 0.1) is 21.1 Å². The van der Waals surface area contributed by atoms with Crippen molar-refractivity contribution in [3.8, 4) is 11.6 Å². The van der Waals surface area contributed by atoms with E-state index < -0.39 is 5.54 Å². The third-order valence-electron chi connectivity index (χ3n) is 3.61. The molecule has 0 aliphatic heterocycles. The average molecular weight is 303 g/mol. The minimum atomic E-state index is -0.624. The fourth-order valence-corrected chi connectivity index (χ4v) is 2.88. The van der Waals surface area contributed by atoms with Gasteiger partial charge in [-0.25, -0.2) is 0 Å². The molecule has 0 radical (unpaired) electrons. The summed E-state index contributed by atoms with van der Waals surface area (Å²) in [4.78, 5) is 0. The highest BCUT2D eigenvalue weighted by Gasteiger charge is 2.45. The van der Waals surface area contributed by atoms with Gasteiger partial charge in [-0.2, -0.15) is 9.90 Å². The molecule has 2 heterocycles. The van der Waals surface area contributed by atoms with Crippen LogP contribution in [0.3, 0.4) is 0 Å². The Morgan fingerprint density at radius 2 is 2.14 bits per heavy atom. The van der Waals surface area contributed by atoms with E-state index in [0.29, 0.717) is 22.6 Å². The van der Waals surface area contributed by atoms with E-state index in [4.69, 9.17) is 5.73 Å². The number of H-pyrrole nitrogens is 1. The molecule has 0 saturated carbocycles. The quantitative estimate of drug-likeness (QED) is 0.713. The second-order valence-corrected chi connectivity index (χ2v) is 6.28. The highest BCUT2D eigenvalue weighted by atomic mass is 15.6. The first-order valence-electron chi connectivity index (χ1n) is 6.88. The van der Waals surface area contributed by atoms with Crippen molar-refractivity contribution < 1.29 is 4.48 Å². The number of allylic oxidation sites excluding steroid dienone is 2. The van der Waals surface area contributed by atoms with Crippen molar-refractivity contribution in [3.63, 3.8) is 0 Å². The number of nitrogens with one attached hydrogen (secondary N) is 1. The zero-order valence-corrected chi connectivity index (χ0v) is 12.7. The van der Waals surface area contributed by atoms with E-state index in [1.807, 2.05) is 45.4 Å². The summed E-state index contributed by atoms with van der Waals surface area (Å²) in [6.07, 6.45) is 8.42. The summed E-state index contributed by atoms with van der Waals surface area (Å²) in [5.41, 5.74) is 6.04. The average Bonchev–Trinajstić information content (AvgIpc) is 3.07. The lowest BCUT2D eigenvalue weighted by atomic mass is 9.87. The number of hydrogen-bond acceptors (Lipinski definition) is 7. The summed E-state index contributed by atoms with van der Waals surface area (Å²) in [5.74, 6) is 0.766. The Morgan fingerprint density at radius 1 is 1.32 bits per heavy atom. The van der Waals surface area contributed by atoms with Gasteiger partial charge in [-0.1, -0.05) is 24.3 Å². The van der Waals surface area contributed by atoms with Crippen LogP contribution in [0.15, 0.2) is 24.3 Å². The van der Waals surface area contributed by atoms with Gasteiger partial charge in [0.2, 0.25) is 17.8 Å². The maximum Gasteiger partial charge on any atom is 0.243 e. The van der Waals surface area contributed by atoms with Crippen LogP contribution in [0.25, 0.3) is 11.6 Å². The Morgan fingerprint density at radius 3 is 2.73 bits per heavy atom. The maximum atomic E-state index is 6.67. The van der Waals surface area contributed by atoms with E-state index in [-0.39, 0.29) is 6.17 Å². The third-order valence-corrected chi connectivity index (χ3v) is 3.61. The normalized spacial score (nSPS) is 22.9. The highest BCUT2D eigenvalue weighted by molar-refractivity contribution is 5.40. The molecule has 0 aromatic carbocycles. The molecule has 2 atom stereocenters. The summed E-state index contributed by atoms with van der Waals surface area (Å²) in [6, 6.07) is 0. The summed E-state index contributed by atoms with van der Waals surface area (Å²) in [6.45, 7) is 0. The van der Waals surface area contributed by atoms with Crippen LogP contribution in [0.1, 0.15) is 12.6 Å². The van der Waals surface area contributed by atoms with Gasteiger partial charge < -0.3 is 10.2 Å². The van der Waals surface area contributed by atoms with Crippen molar-refractivity contribution in [2.24, 2.45) is 5.73 Å². The van der Waals surface area contributed by atoms with Crippen molar-refractivity contribution in [1.82, 2.24) is 40.8 Å². The van der Waals surface area contributed by atoms with Gasteiger partial charge in [0.25, 0.3) is 0 Å². The number of nitrogens with zero attached hydrogens (tertiary/aromatic N) is 8. The van der Waals surface area contributed by atoms with Crippen LogP contribution < -0.4 is 5.73 Å². The molecule has 0 saturated heterocycles. The number of hydrogen-bond donors (Lipinski definition) is 2. The number of quaternary nitrogens is 1. The van der Waals surface area contributed by atoms with Crippen LogP contribution in [0, 0.1) is 0 Å². The molecule has 0 bridgehead atoms. The molecule has 116 valence electrons. The molecule has 0 amide bonds. The zero-order valence-electron chi connectivity index (χ0n) is 12.7. The minimum absolute atomic E-state index is 0.239. The van der Waals surface area contributed by atoms with Gasteiger partial charge in [0.1, 0.15) is 5.54 Å². The Kier molecular flexibility index (Phi) is 3.34. The predicted octanol–water partition coefficient (Wildman–Crippen LogP) is -0.728. The van der Waals surface area contributed by atoms with Crippen LogP contribution in [-0.2, 0) is 0 Å². The standard InChI is InChI=1S/C12H19N10/c1-22(2,3)11(12(13)7-5-4-6-8-12)21-10(16-19-20-21)9-14-17-18-15-9/h4-7,11H,8,13H2,1-3H3,(H,14,15,17,18)/q+1. The number of aromatic nitrogens is 8. The lowest BCUT2D eigenvalue weighted by Gasteiger charge is -2.43. The Hall–Kier alpha value is -2.46. The minimum Gasteiger partial charge on any atom is -0.315 e. The molecular formula is C12H19N10+. The van der Waals surface area contributed by atoms with Crippen molar-refractivity contribution in [2.75, 3.05) is 21.1 Å². The highest BCUT2D eigenvalue weighted by Crippen LogP contribution is 2.34. The summed E-state index contributed by atoms with van der Waals surface area (Å²) >= 11 is 0. The van der Waals surface area contributed by atoms with Gasteiger partial charge in [0.15, 0.2) is 0 Å². The zero-order chi connectivity index (χ0) is 15.8. The smallest absolute Gasteiger partial charge is 0.243 e. The fraction of sp³-hybridized carbons (Fsp3) is 0.500. The number of likely N-dealkylation sites (N-methyl/N-ethyl adjacent to an activating group) is 1. The number of nitrogens with two attached hydrogens (primary N) is 1. The van der Waals surface area contributed by atoms with E-state index in [2.05, 4.69) is 36.1 Å². The van der Waals surface area contributed by atoms with Gasteiger partial charge >= 0.3 is 0 Å². The summed E-state index contributed by atoms with van der Waals surface area (Å²) < 4.78 is 2.21. The van der Waals surface area contributed by atoms with Crippen molar-refractivity contribution in [2.45, 2.75) is 18.1 Å². The Labute approximate surface area is 127 Å². The largest absolute Gasteiger partial charge is 0.315 e. The molecule has 10 heteroatoms. The summed E-state index contributed by atoms with van der Waals surface area (Å²) in [7, 11) is 6.15. The van der Waals surface area contributed by atoms with E-state index in [1.165, 1.54) is 0 Å². The lowest BCUT2D eigenvalue weighted by molar-refractivity contribution is -0.916. The van der Waals surface area contributed by atoms with Crippen molar-refractivity contribution in [3.05, 3.63) is 24.3 Å². The lowest BCUT2D eigenvalue weighted by Crippen LogP contribution is -2.59. The SMILES string of the molecule is C[N+](C)(C)C(n1nnnc1-c1nn[nH]n1)C1(N)C=CC=CC1. The van der Waals surface area contributed by atoms with Crippen LogP contribution in [0.4, 0.5) is 0 Å². The fourth-order valence-electron chi connectivity index (χ4n) is 2.88. The van der Waals surface area contributed by atoms with Crippen LogP contribution >= 0.6 is 0 Å². The maximum absolute atomic E-state index is 6.67. The first-order chi connectivity index (χ1) is 10.4. The number of tetrazole rings is 2. The van der Waals surface area contributed by atoms with Crippen LogP contribution in [0.5, 0.6) is 0 Å². The Balaban J connectivity index is 2.11. The molecule has 1 aliphatic rings. The monoisotopic (exact) mass is 303 g/mol. The molecule has 2 unspecified atom stereocenters. The number of aromatic amines is 1. The molecule has 2 aromatic rings. The van der Waals surface area contributed by atoms with Gasteiger partial charge in [-0.05, 0) is 22.1 Å². The van der Waals surface area contributed by atoms with E-state index in [9.17, 15) is 0 Å². The molecular weight excluding hydrogens is 284 g/mol. The van der Waals surface area contributed by atoms with E-state index in [0.717, 1.165) is 0 Å². The molecule has 0 fully saturated rings. The molecule has 3 rings (SSSR count). The molecule has 2 aromatic heterocycles. The van der Waals surface area contributed by atoms with Crippen molar-refractivity contribution in [1.29, 1.82) is 0 Å². The first-order valence-corrected chi connectivity index (χ1v) is 6.88. The molecule has 3 N–H and O–H groups in total. The second kappa shape index (κ2) is 5.07. The van der Waals surface area contributed by atoms with E-state index in [1.54, 1.807) is 4.68 Å². The van der Waals surface area contributed by atoms with Gasteiger partial charge in [-0.15, -0.1) is 15.3 Å². The first kappa shape index (κ1) is 14.5. The third kappa shape index (κ3) is 2.42. The molecule has 0 spiro atoms. The molecule has 1 aliphatic carbocycles. The van der Waals surface area contributed by atoms with Gasteiger partial charge in [-0.3, -0.25) is 0 Å². The molecule has 22 heavy (non-hydrogen) atoms. The predicted molar refractivity (Wildman–Crippen MR) is 77.9 cm³/mol.